The molecule has 0 aromatic heterocycles. The van der Waals surface area contributed by atoms with Crippen molar-refractivity contribution in [3.63, 3.8) is 0 Å². The van der Waals surface area contributed by atoms with Gasteiger partial charge in [-0.3, -0.25) is 37.3 Å². The van der Waals surface area contributed by atoms with Crippen molar-refractivity contribution in [1.82, 2.24) is 0 Å². The molecule has 0 rings (SSSR count). The van der Waals surface area contributed by atoms with Crippen molar-refractivity contribution in [3.05, 3.63) is 0 Å². The third-order valence-electron chi connectivity index (χ3n) is 17.0. The number of rotatable bonds is 73. The summed E-state index contributed by atoms with van der Waals surface area (Å²) in [5.74, 6) is -1.41. The zero-order valence-corrected chi connectivity index (χ0v) is 61.5. The molecule has 3 N–H and O–H groups in total. The minimum absolute atomic E-state index is 0.106. The Morgan fingerprint density at radius 3 is 0.739 bits per heavy atom. The molecule has 0 aromatic carbocycles. The van der Waals surface area contributed by atoms with Crippen LogP contribution in [-0.2, 0) is 65.4 Å². The molecular formula is C73H142O17P2. The molecule has 0 aliphatic heterocycles. The van der Waals surface area contributed by atoms with Gasteiger partial charge in [-0.05, 0) is 31.6 Å². The van der Waals surface area contributed by atoms with Crippen molar-refractivity contribution in [2.75, 3.05) is 39.6 Å². The molecule has 546 valence electrons. The van der Waals surface area contributed by atoms with E-state index in [9.17, 15) is 43.2 Å². The second kappa shape index (κ2) is 66.3. The van der Waals surface area contributed by atoms with Crippen LogP contribution in [0.5, 0.6) is 0 Å². The third-order valence-corrected chi connectivity index (χ3v) is 18.9. The van der Waals surface area contributed by atoms with Crippen LogP contribution in [0.15, 0.2) is 0 Å². The lowest BCUT2D eigenvalue weighted by molar-refractivity contribution is -0.161. The molecule has 0 aliphatic rings. The zero-order valence-electron chi connectivity index (χ0n) is 59.7. The second-order valence-corrected chi connectivity index (χ2v) is 29.7. The monoisotopic (exact) mass is 1350 g/mol. The standard InChI is InChI=1S/C73H142O17P2/c1-6-9-12-15-18-21-24-26-27-28-29-30-31-32-35-38-43-49-54-59-73(78)89-68(62-83-70(75)56-51-46-41-36-34-25-22-19-16-13-10-7-2)64-87-91(79,80)85-60-67(74)61-86-92(81,82)88-65-69(63-84-71(76)57-52-47-44-39-40-45-50-55-66(4)5)90-72(77)58-53-48-42-37-33-23-20-17-14-11-8-3/h66-69,74H,6-65H2,1-5H3,(H,79,80)(H,81,82)/t67-,68-,69-/m1/s1. The number of esters is 4. The lowest BCUT2D eigenvalue weighted by Crippen LogP contribution is -2.30. The highest BCUT2D eigenvalue weighted by Gasteiger charge is 2.30. The van der Waals surface area contributed by atoms with E-state index in [1.807, 2.05) is 0 Å². The van der Waals surface area contributed by atoms with E-state index in [2.05, 4.69) is 34.6 Å². The quantitative estimate of drug-likeness (QED) is 0.0222. The number of unbranched alkanes of at least 4 members (excludes halogenated alkanes) is 45. The SMILES string of the molecule is CCCCCCCCCCCCCCCCCCCCCC(=O)O[C@H](COC(=O)CCCCCCCCCCCCCC)COP(=O)(O)OC[C@@H](O)COP(=O)(O)OC[C@@H](COC(=O)CCCCCCCCCC(C)C)OC(=O)CCCCCCCCCCCCC. The number of hydrogen-bond acceptors (Lipinski definition) is 15. The van der Waals surface area contributed by atoms with E-state index >= 15 is 0 Å². The normalized spacial score (nSPS) is 14.0. The number of phosphoric acid groups is 2. The van der Waals surface area contributed by atoms with E-state index in [1.54, 1.807) is 0 Å². The van der Waals surface area contributed by atoms with E-state index < -0.39 is 97.5 Å². The molecule has 0 saturated carbocycles. The average molecular weight is 1350 g/mol. The third kappa shape index (κ3) is 66.7. The molecule has 0 fully saturated rings. The Labute approximate surface area is 562 Å². The second-order valence-electron chi connectivity index (χ2n) is 26.8. The van der Waals surface area contributed by atoms with Crippen molar-refractivity contribution >= 4 is 39.5 Å². The fourth-order valence-corrected chi connectivity index (χ4v) is 12.8. The van der Waals surface area contributed by atoms with E-state index in [1.165, 1.54) is 199 Å². The Balaban J connectivity index is 5.20. The Hall–Kier alpha value is -1.94. The minimum atomic E-state index is -4.95. The van der Waals surface area contributed by atoms with Gasteiger partial charge < -0.3 is 33.8 Å². The van der Waals surface area contributed by atoms with Gasteiger partial charge in [0.05, 0.1) is 26.4 Å². The first-order valence-corrected chi connectivity index (χ1v) is 41.1. The molecule has 0 bridgehead atoms. The molecule has 0 aliphatic carbocycles. The highest BCUT2D eigenvalue weighted by molar-refractivity contribution is 7.47. The van der Waals surface area contributed by atoms with Gasteiger partial charge in [-0.1, -0.05) is 330 Å². The fraction of sp³-hybridized carbons (Fsp3) is 0.945. The highest BCUT2D eigenvalue weighted by Crippen LogP contribution is 2.45. The fourth-order valence-electron chi connectivity index (χ4n) is 11.2. The summed E-state index contributed by atoms with van der Waals surface area (Å²) in [5, 5.41) is 10.6. The maximum atomic E-state index is 13.0. The summed E-state index contributed by atoms with van der Waals surface area (Å²) in [6, 6.07) is 0. The predicted molar refractivity (Wildman–Crippen MR) is 372 cm³/mol. The van der Waals surface area contributed by atoms with Crippen LogP contribution in [0.3, 0.4) is 0 Å². The van der Waals surface area contributed by atoms with Gasteiger partial charge in [-0.15, -0.1) is 0 Å². The van der Waals surface area contributed by atoms with Gasteiger partial charge in [0, 0.05) is 25.7 Å². The summed E-state index contributed by atoms with van der Waals surface area (Å²) in [7, 11) is -9.90. The Bertz CT molecular complexity index is 1770. The van der Waals surface area contributed by atoms with E-state index in [0.29, 0.717) is 31.6 Å². The Morgan fingerprint density at radius 2 is 0.500 bits per heavy atom. The van der Waals surface area contributed by atoms with Crippen LogP contribution in [0.25, 0.3) is 0 Å². The van der Waals surface area contributed by atoms with Crippen molar-refractivity contribution in [2.24, 2.45) is 5.92 Å². The van der Waals surface area contributed by atoms with Gasteiger partial charge in [0.2, 0.25) is 0 Å². The number of aliphatic hydroxyl groups is 1. The predicted octanol–water partition coefficient (Wildman–Crippen LogP) is 21.3. The van der Waals surface area contributed by atoms with Crippen LogP contribution in [0.4, 0.5) is 0 Å². The number of aliphatic hydroxyl groups excluding tert-OH is 1. The largest absolute Gasteiger partial charge is 0.472 e. The van der Waals surface area contributed by atoms with Gasteiger partial charge in [0.1, 0.15) is 19.3 Å². The van der Waals surface area contributed by atoms with Crippen LogP contribution in [0.2, 0.25) is 0 Å². The van der Waals surface area contributed by atoms with Crippen molar-refractivity contribution < 1.29 is 80.2 Å². The topological polar surface area (TPSA) is 237 Å². The zero-order chi connectivity index (χ0) is 67.7. The molecule has 5 atom stereocenters. The van der Waals surface area contributed by atoms with Crippen LogP contribution < -0.4 is 0 Å². The lowest BCUT2D eigenvalue weighted by Gasteiger charge is -2.21. The van der Waals surface area contributed by atoms with E-state index in [4.69, 9.17) is 37.0 Å². The molecule has 19 heteroatoms. The van der Waals surface area contributed by atoms with Crippen LogP contribution in [0.1, 0.15) is 381 Å². The number of carbonyl (C=O) groups is 4. The Morgan fingerprint density at radius 1 is 0.293 bits per heavy atom. The molecule has 0 heterocycles. The molecule has 17 nitrogen and oxygen atoms in total. The summed E-state index contributed by atoms with van der Waals surface area (Å²) in [6.07, 6.45) is 54.1. The lowest BCUT2D eigenvalue weighted by atomic mass is 10.0. The number of phosphoric ester groups is 2. The van der Waals surface area contributed by atoms with Gasteiger partial charge in [-0.25, -0.2) is 9.13 Å². The summed E-state index contributed by atoms with van der Waals surface area (Å²) in [5.41, 5.74) is 0. The molecule has 0 radical (unpaired) electrons. The number of ether oxygens (including phenoxy) is 4. The van der Waals surface area contributed by atoms with Crippen LogP contribution in [-0.4, -0.2) is 96.7 Å². The van der Waals surface area contributed by atoms with Crippen LogP contribution >= 0.6 is 15.6 Å². The minimum Gasteiger partial charge on any atom is -0.462 e. The summed E-state index contributed by atoms with van der Waals surface area (Å²) in [6.45, 7) is 7.21. The van der Waals surface area contributed by atoms with Gasteiger partial charge in [0.25, 0.3) is 0 Å². The molecule has 2 unspecified atom stereocenters. The molecular weight excluding hydrogens is 1210 g/mol. The maximum absolute atomic E-state index is 13.0. The highest BCUT2D eigenvalue weighted by atomic mass is 31.2. The van der Waals surface area contributed by atoms with Crippen molar-refractivity contribution in [3.8, 4) is 0 Å². The molecule has 92 heavy (non-hydrogen) atoms. The van der Waals surface area contributed by atoms with E-state index in [-0.39, 0.29) is 25.7 Å². The smallest absolute Gasteiger partial charge is 0.462 e. The van der Waals surface area contributed by atoms with Gasteiger partial charge in [0.15, 0.2) is 12.2 Å². The molecule has 0 amide bonds. The first kappa shape index (κ1) is 90.1. The Kier molecular flexibility index (Phi) is 64.9. The summed E-state index contributed by atoms with van der Waals surface area (Å²) in [4.78, 5) is 72.6. The summed E-state index contributed by atoms with van der Waals surface area (Å²) >= 11 is 0. The maximum Gasteiger partial charge on any atom is 0.472 e. The molecule has 0 spiro atoms. The van der Waals surface area contributed by atoms with Crippen molar-refractivity contribution in [1.29, 1.82) is 0 Å². The number of carbonyl (C=O) groups excluding carboxylic acids is 4. The number of hydrogen-bond donors (Lipinski definition) is 3. The van der Waals surface area contributed by atoms with E-state index in [0.717, 1.165) is 96.3 Å². The average Bonchev–Trinajstić information content (AvgIpc) is 3.47. The first-order valence-electron chi connectivity index (χ1n) is 38.1. The molecule has 0 aromatic rings. The van der Waals surface area contributed by atoms with Crippen molar-refractivity contribution in [2.45, 2.75) is 400 Å². The van der Waals surface area contributed by atoms with Gasteiger partial charge >= 0.3 is 39.5 Å². The molecule has 0 saturated heterocycles. The summed E-state index contributed by atoms with van der Waals surface area (Å²) < 4.78 is 68.4. The van der Waals surface area contributed by atoms with Gasteiger partial charge in [-0.2, -0.15) is 0 Å². The first-order chi connectivity index (χ1) is 44.5. The van der Waals surface area contributed by atoms with Crippen LogP contribution in [0, 0.1) is 5.92 Å².